The van der Waals surface area contributed by atoms with Crippen LogP contribution in [0, 0.1) is 0 Å². The summed E-state index contributed by atoms with van der Waals surface area (Å²) in [6.07, 6.45) is 8.25. The first-order valence-electron chi connectivity index (χ1n) is 13.0. The van der Waals surface area contributed by atoms with E-state index in [4.69, 9.17) is 14.2 Å². The highest BCUT2D eigenvalue weighted by atomic mass is 16.5. The van der Waals surface area contributed by atoms with Crippen molar-refractivity contribution in [3.8, 4) is 17.2 Å². The molecule has 0 unspecified atom stereocenters. The highest BCUT2D eigenvalue weighted by Crippen LogP contribution is 2.38. The number of rotatable bonds is 9. The number of hydrogen-bond acceptors (Lipinski definition) is 5. The highest BCUT2D eigenvalue weighted by Gasteiger charge is 2.16. The Morgan fingerprint density at radius 2 is 1.50 bits per heavy atom. The molecule has 1 fully saturated rings. The van der Waals surface area contributed by atoms with Crippen LogP contribution in [0.4, 0.5) is 11.4 Å². The number of allylic oxidation sites excluding steroid dienone is 1. The molecule has 5 rings (SSSR count). The summed E-state index contributed by atoms with van der Waals surface area (Å²) in [5, 5.41) is 3.62. The molecular formula is C31H36N2O3. The van der Waals surface area contributed by atoms with Crippen LogP contribution < -0.4 is 19.5 Å². The number of aryl methyl sites for hydroxylation is 1. The van der Waals surface area contributed by atoms with Gasteiger partial charge in [0.2, 0.25) is 0 Å². The monoisotopic (exact) mass is 484 g/mol. The predicted molar refractivity (Wildman–Crippen MR) is 148 cm³/mol. The molecule has 1 aliphatic carbocycles. The van der Waals surface area contributed by atoms with E-state index in [0.717, 1.165) is 54.6 Å². The van der Waals surface area contributed by atoms with E-state index in [2.05, 4.69) is 52.7 Å². The number of piperidine rings is 1. The maximum atomic E-state index is 6.01. The number of ether oxygens (including phenoxy) is 3. The van der Waals surface area contributed by atoms with Gasteiger partial charge < -0.3 is 19.5 Å². The summed E-state index contributed by atoms with van der Waals surface area (Å²) >= 11 is 0. The fraction of sp³-hybridized carbons (Fsp3) is 0.355. The van der Waals surface area contributed by atoms with Gasteiger partial charge in [0, 0.05) is 29.5 Å². The third-order valence-corrected chi connectivity index (χ3v) is 7.17. The summed E-state index contributed by atoms with van der Waals surface area (Å²) in [6.45, 7) is 4.13. The lowest BCUT2D eigenvalue weighted by Gasteiger charge is -2.26. The predicted octanol–water partition coefficient (Wildman–Crippen LogP) is 6.80. The Hall–Kier alpha value is -3.44. The Morgan fingerprint density at radius 1 is 0.778 bits per heavy atom. The van der Waals surface area contributed by atoms with Crippen molar-refractivity contribution in [2.24, 2.45) is 0 Å². The minimum absolute atomic E-state index is 0.730. The molecule has 0 saturated carbocycles. The zero-order valence-corrected chi connectivity index (χ0v) is 21.4. The van der Waals surface area contributed by atoms with Crippen molar-refractivity contribution in [1.82, 2.24) is 4.90 Å². The summed E-state index contributed by atoms with van der Waals surface area (Å²) in [4.78, 5) is 2.50. The van der Waals surface area contributed by atoms with Crippen molar-refractivity contribution in [2.45, 2.75) is 32.1 Å². The van der Waals surface area contributed by atoms with Crippen LogP contribution in [-0.2, 0) is 6.42 Å². The van der Waals surface area contributed by atoms with Gasteiger partial charge in [-0.25, -0.2) is 0 Å². The minimum Gasteiger partial charge on any atom is -0.497 e. The second-order valence-electron chi connectivity index (χ2n) is 9.55. The molecule has 2 aliphatic rings. The van der Waals surface area contributed by atoms with E-state index in [1.54, 1.807) is 14.2 Å². The summed E-state index contributed by atoms with van der Waals surface area (Å²) in [7, 11) is 3.42. The standard InChI is InChI=1S/C31H36N2O3/c1-34-28-11-8-23-20-25(7-6-24(23)21-28)30-15-14-29(35-2)22-31(30)32-26-9-12-27(13-10-26)36-19-18-33-16-4-3-5-17-33/h8-15,20-22,32H,3-7,16-19H2,1-2H3. The molecule has 5 nitrogen and oxygen atoms in total. The van der Waals surface area contributed by atoms with Crippen LogP contribution in [0.1, 0.15) is 42.4 Å². The molecule has 1 aliphatic heterocycles. The number of hydrogen-bond donors (Lipinski definition) is 1. The number of benzene rings is 3. The Labute approximate surface area is 214 Å². The molecule has 1 saturated heterocycles. The summed E-state index contributed by atoms with van der Waals surface area (Å²) in [5.41, 5.74) is 7.15. The van der Waals surface area contributed by atoms with E-state index in [0.29, 0.717) is 0 Å². The van der Waals surface area contributed by atoms with E-state index in [1.165, 1.54) is 54.6 Å². The fourth-order valence-corrected chi connectivity index (χ4v) is 5.11. The minimum atomic E-state index is 0.730. The van der Waals surface area contributed by atoms with E-state index in [9.17, 15) is 0 Å². The van der Waals surface area contributed by atoms with E-state index in [-0.39, 0.29) is 0 Å². The van der Waals surface area contributed by atoms with Crippen molar-refractivity contribution in [2.75, 3.05) is 45.8 Å². The van der Waals surface area contributed by atoms with Gasteiger partial charge in [-0.3, -0.25) is 4.90 Å². The largest absolute Gasteiger partial charge is 0.497 e. The summed E-state index contributed by atoms with van der Waals surface area (Å²) in [6, 6.07) is 20.8. The van der Waals surface area contributed by atoms with Crippen molar-refractivity contribution in [1.29, 1.82) is 0 Å². The molecule has 3 aromatic carbocycles. The number of nitrogens with zero attached hydrogens (tertiary/aromatic N) is 1. The van der Waals surface area contributed by atoms with Crippen LogP contribution in [-0.4, -0.2) is 45.4 Å². The van der Waals surface area contributed by atoms with Crippen LogP contribution in [0.15, 0.2) is 60.7 Å². The first-order chi connectivity index (χ1) is 17.7. The lowest BCUT2D eigenvalue weighted by Crippen LogP contribution is -2.33. The van der Waals surface area contributed by atoms with Gasteiger partial charge in [-0.15, -0.1) is 0 Å². The van der Waals surface area contributed by atoms with Gasteiger partial charge in [0.05, 0.1) is 14.2 Å². The van der Waals surface area contributed by atoms with E-state index < -0.39 is 0 Å². The quantitative estimate of drug-likeness (QED) is 0.362. The molecule has 0 radical (unpaired) electrons. The zero-order valence-electron chi connectivity index (χ0n) is 21.4. The molecule has 36 heavy (non-hydrogen) atoms. The zero-order chi connectivity index (χ0) is 24.7. The number of anilines is 2. The molecule has 5 heteroatoms. The topological polar surface area (TPSA) is 43.0 Å². The first kappa shape index (κ1) is 24.3. The van der Waals surface area contributed by atoms with E-state index >= 15 is 0 Å². The smallest absolute Gasteiger partial charge is 0.120 e. The number of methoxy groups -OCH3 is 2. The average Bonchev–Trinajstić information content (AvgIpc) is 2.94. The highest BCUT2D eigenvalue weighted by molar-refractivity contribution is 5.90. The van der Waals surface area contributed by atoms with Crippen molar-refractivity contribution in [3.05, 3.63) is 77.4 Å². The van der Waals surface area contributed by atoms with Crippen LogP contribution >= 0.6 is 0 Å². The Balaban J connectivity index is 1.29. The second kappa shape index (κ2) is 11.5. The van der Waals surface area contributed by atoms with Crippen LogP contribution in [0.5, 0.6) is 17.2 Å². The van der Waals surface area contributed by atoms with Gasteiger partial charge >= 0.3 is 0 Å². The lowest BCUT2D eigenvalue weighted by molar-refractivity contribution is 0.183. The van der Waals surface area contributed by atoms with Gasteiger partial charge in [0.25, 0.3) is 0 Å². The number of likely N-dealkylation sites (tertiary alicyclic amines) is 1. The molecule has 0 amide bonds. The molecule has 1 heterocycles. The maximum Gasteiger partial charge on any atom is 0.120 e. The van der Waals surface area contributed by atoms with Gasteiger partial charge in [0.15, 0.2) is 0 Å². The van der Waals surface area contributed by atoms with Gasteiger partial charge in [-0.2, -0.15) is 0 Å². The SMILES string of the molecule is COc1ccc2c(c1)CCC(c1ccc(OC)cc1Nc1ccc(OCCN3CCCCC3)cc1)=C2. The van der Waals surface area contributed by atoms with Crippen LogP contribution in [0.2, 0.25) is 0 Å². The Morgan fingerprint density at radius 3 is 2.28 bits per heavy atom. The maximum absolute atomic E-state index is 6.01. The number of fused-ring (bicyclic) bond motifs is 1. The number of nitrogens with one attached hydrogen (secondary N) is 1. The van der Waals surface area contributed by atoms with E-state index in [1.807, 2.05) is 24.3 Å². The van der Waals surface area contributed by atoms with Crippen molar-refractivity contribution >= 4 is 23.0 Å². The average molecular weight is 485 g/mol. The van der Waals surface area contributed by atoms with Crippen molar-refractivity contribution in [3.63, 3.8) is 0 Å². The van der Waals surface area contributed by atoms with Crippen LogP contribution in [0.25, 0.3) is 11.6 Å². The lowest BCUT2D eigenvalue weighted by atomic mass is 9.88. The van der Waals surface area contributed by atoms with Gasteiger partial charge in [0.1, 0.15) is 23.9 Å². The van der Waals surface area contributed by atoms with Gasteiger partial charge in [-0.1, -0.05) is 18.6 Å². The normalized spacial score (nSPS) is 15.6. The molecule has 0 bridgehead atoms. The molecule has 188 valence electrons. The third-order valence-electron chi connectivity index (χ3n) is 7.17. The van der Waals surface area contributed by atoms with Gasteiger partial charge in [-0.05, 0) is 104 Å². The molecule has 1 N–H and O–H groups in total. The summed E-state index contributed by atoms with van der Waals surface area (Å²) < 4.78 is 16.9. The fourth-order valence-electron chi connectivity index (χ4n) is 5.11. The van der Waals surface area contributed by atoms with Crippen LogP contribution in [0.3, 0.4) is 0 Å². The molecule has 3 aromatic rings. The first-order valence-corrected chi connectivity index (χ1v) is 13.0. The third kappa shape index (κ3) is 5.85. The second-order valence-corrected chi connectivity index (χ2v) is 9.55. The van der Waals surface area contributed by atoms with Crippen molar-refractivity contribution < 1.29 is 14.2 Å². The summed E-state index contributed by atoms with van der Waals surface area (Å²) in [5.74, 6) is 2.65. The molecular weight excluding hydrogens is 448 g/mol. The molecule has 0 spiro atoms. The Bertz CT molecular complexity index is 1200. The molecule has 0 aromatic heterocycles. The molecule has 0 atom stereocenters. The Kier molecular flexibility index (Phi) is 7.77.